The molecule has 0 radical (unpaired) electrons. The first-order chi connectivity index (χ1) is 14.5. The Labute approximate surface area is 178 Å². The van der Waals surface area contributed by atoms with Crippen molar-refractivity contribution in [2.45, 2.75) is 38.1 Å². The minimum Gasteiger partial charge on any atom is -0.497 e. The van der Waals surface area contributed by atoms with Crippen LogP contribution in [0.2, 0.25) is 0 Å². The molecule has 0 fully saturated rings. The summed E-state index contributed by atoms with van der Waals surface area (Å²) in [5, 5.41) is 3.06. The molecule has 3 atom stereocenters. The highest BCUT2D eigenvalue weighted by atomic mass is 16.5. The standard InChI is InChI=1S/C25H29NO4/c1-4-5-17-6-8-19(9-7-17)24(27)26-21-13-10-20(16-21)23(25(28)30-3)18-11-14-22(29-2)15-12-18/h6-15,20-21,23H,4-5,16H2,1-3H3,(H,26,27)/t20-,21-,23+/m1/s1. The van der Waals surface area contributed by atoms with Crippen LogP contribution < -0.4 is 10.1 Å². The van der Waals surface area contributed by atoms with E-state index in [0.29, 0.717) is 12.0 Å². The zero-order valence-electron chi connectivity index (χ0n) is 17.8. The van der Waals surface area contributed by atoms with Crippen molar-refractivity contribution in [2.75, 3.05) is 14.2 Å². The topological polar surface area (TPSA) is 64.6 Å². The van der Waals surface area contributed by atoms with Crippen LogP contribution in [0.1, 0.15) is 47.2 Å². The average Bonchev–Trinajstić information content (AvgIpc) is 3.22. The number of allylic oxidation sites excluding steroid dienone is 1. The average molecular weight is 408 g/mol. The smallest absolute Gasteiger partial charge is 0.313 e. The lowest BCUT2D eigenvalue weighted by Gasteiger charge is -2.22. The van der Waals surface area contributed by atoms with E-state index in [1.807, 2.05) is 60.7 Å². The predicted octanol–water partition coefficient (Wildman–Crippen LogP) is 4.28. The summed E-state index contributed by atoms with van der Waals surface area (Å²) in [7, 11) is 3.01. The van der Waals surface area contributed by atoms with E-state index in [1.54, 1.807) is 7.11 Å². The highest BCUT2D eigenvalue weighted by Gasteiger charge is 2.34. The molecule has 0 bridgehead atoms. The number of ether oxygens (including phenoxy) is 2. The number of amides is 1. The minimum atomic E-state index is -0.424. The number of benzene rings is 2. The largest absolute Gasteiger partial charge is 0.497 e. The fourth-order valence-electron chi connectivity index (χ4n) is 3.94. The highest BCUT2D eigenvalue weighted by Crippen LogP contribution is 2.35. The van der Waals surface area contributed by atoms with Gasteiger partial charge in [0.15, 0.2) is 0 Å². The van der Waals surface area contributed by atoms with Crippen molar-refractivity contribution in [1.29, 1.82) is 0 Å². The SMILES string of the molecule is CCCc1ccc(C(=O)N[C@@H]2C=C[C@@H]([C@@H](C(=O)OC)c3ccc(OC)cc3)C2)cc1. The van der Waals surface area contributed by atoms with Gasteiger partial charge in [-0.2, -0.15) is 0 Å². The third-order valence-corrected chi connectivity index (χ3v) is 5.55. The van der Waals surface area contributed by atoms with Crippen molar-refractivity contribution in [3.63, 3.8) is 0 Å². The Balaban J connectivity index is 1.66. The summed E-state index contributed by atoms with van der Waals surface area (Å²) in [4.78, 5) is 25.1. The molecule has 2 aromatic rings. The summed E-state index contributed by atoms with van der Waals surface area (Å²) in [6, 6.07) is 15.1. The Kier molecular flexibility index (Phi) is 7.28. The third-order valence-electron chi connectivity index (χ3n) is 5.55. The maximum atomic E-state index is 12.6. The van der Waals surface area contributed by atoms with Crippen molar-refractivity contribution in [3.8, 4) is 5.75 Å². The molecule has 0 heterocycles. The normalized spacial score (nSPS) is 18.6. The van der Waals surface area contributed by atoms with Gasteiger partial charge in [-0.05, 0) is 54.2 Å². The molecular weight excluding hydrogens is 378 g/mol. The Morgan fingerprint density at radius 2 is 1.73 bits per heavy atom. The molecule has 1 aliphatic rings. The molecular formula is C25H29NO4. The van der Waals surface area contributed by atoms with Gasteiger partial charge in [0.05, 0.1) is 20.1 Å². The van der Waals surface area contributed by atoms with Crippen LogP contribution in [-0.2, 0) is 16.0 Å². The molecule has 0 saturated heterocycles. The first-order valence-corrected chi connectivity index (χ1v) is 10.4. The summed E-state index contributed by atoms with van der Waals surface area (Å²) in [5.74, 6) is -0.129. The summed E-state index contributed by atoms with van der Waals surface area (Å²) in [6.45, 7) is 2.14. The number of esters is 1. The lowest BCUT2D eigenvalue weighted by atomic mass is 9.85. The number of hydrogen-bond acceptors (Lipinski definition) is 4. The maximum Gasteiger partial charge on any atom is 0.313 e. The minimum absolute atomic E-state index is 0.0527. The van der Waals surface area contributed by atoms with E-state index < -0.39 is 5.92 Å². The van der Waals surface area contributed by atoms with E-state index in [9.17, 15) is 9.59 Å². The van der Waals surface area contributed by atoms with Crippen LogP contribution in [0, 0.1) is 5.92 Å². The zero-order valence-corrected chi connectivity index (χ0v) is 17.8. The summed E-state index contributed by atoms with van der Waals surface area (Å²) in [5.41, 5.74) is 2.75. The van der Waals surface area contributed by atoms with Gasteiger partial charge in [-0.25, -0.2) is 0 Å². The number of hydrogen-bond donors (Lipinski definition) is 1. The number of carbonyl (C=O) groups excluding carboxylic acids is 2. The summed E-state index contributed by atoms with van der Waals surface area (Å²) < 4.78 is 10.3. The third kappa shape index (κ3) is 5.09. The second kappa shape index (κ2) is 10.1. The van der Waals surface area contributed by atoms with Gasteiger partial charge in [-0.15, -0.1) is 0 Å². The van der Waals surface area contributed by atoms with E-state index in [0.717, 1.165) is 24.2 Å². The lowest BCUT2D eigenvalue weighted by molar-refractivity contribution is -0.143. The van der Waals surface area contributed by atoms with Crippen molar-refractivity contribution < 1.29 is 19.1 Å². The van der Waals surface area contributed by atoms with Crippen molar-refractivity contribution in [1.82, 2.24) is 5.32 Å². The van der Waals surface area contributed by atoms with Crippen molar-refractivity contribution in [3.05, 3.63) is 77.4 Å². The molecule has 0 aromatic heterocycles. The van der Waals surface area contributed by atoms with Crippen molar-refractivity contribution >= 4 is 11.9 Å². The molecule has 2 aromatic carbocycles. The van der Waals surface area contributed by atoms with Gasteiger partial charge < -0.3 is 14.8 Å². The van der Waals surface area contributed by atoms with Gasteiger partial charge in [-0.3, -0.25) is 9.59 Å². The van der Waals surface area contributed by atoms with Crippen LogP contribution in [0.5, 0.6) is 5.75 Å². The lowest BCUT2D eigenvalue weighted by Crippen LogP contribution is -2.33. The fourth-order valence-corrected chi connectivity index (χ4v) is 3.94. The van der Waals surface area contributed by atoms with Crippen LogP contribution in [0.3, 0.4) is 0 Å². The molecule has 3 rings (SSSR count). The molecule has 0 spiro atoms. The first-order valence-electron chi connectivity index (χ1n) is 10.4. The van der Waals surface area contributed by atoms with Gasteiger partial charge in [0.1, 0.15) is 5.75 Å². The Hall–Kier alpha value is -3.08. The Morgan fingerprint density at radius 1 is 1.03 bits per heavy atom. The number of aryl methyl sites for hydroxylation is 1. The fraction of sp³-hybridized carbons (Fsp3) is 0.360. The Morgan fingerprint density at radius 3 is 2.33 bits per heavy atom. The summed E-state index contributed by atoms with van der Waals surface area (Å²) in [6.07, 6.45) is 6.70. The van der Waals surface area contributed by atoms with E-state index in [1.165, 1.54) is 12.7 Å². The molecule has 158 valence electrons. The van der Waals surface area contributed by atoms with Crippen LogP contribution in [0.4, 0.5) is 0 Å². The molecule has 1 aliphatic carbocycles. The second-order valence-corrected chi connectivity index (χ2v) is 7.59. The van der Waals surface area contributed by atoms with Crippen LogP contribution in [-0.4, -0.2) is 32.1 Å². The van der Waals surface area contributed by atoms with E-state index in [-0.39, 0.29) is 23.8 Å². The quantitative estimate of drug-likeness (QED) is 0.524. The molecule has 0 saturated carbocycles. The molecule has 1 N–H and O–H groups in total. The number of nitrogens with one attached hydrogen (secondary N) is 1. The molecule has 5 nitrogen and oxygen atoms in total. The van der Waals surface area contributed by atoms with Crippen LogP contribution in [0.25, 0.3) is 0 Å². The van der Waals surface area contributed by atoms with E-state index >= 15 is 0 Å². The van der Waals surface area contributed by atoms with Gasteiger partial charge in [-0.1, -0.05) is 49.8 Å². The Bertz CT molecular complexity index is 886. The van der Waals surface area contributed by atoms with E-state index in [4.69, 9.17) is 9.47 Å². The molecule has 30 heavy (non-hydrogen) atoms. The molecule has 0 unspecified atom stereocenters. The van der Waals surface area contributed by atoms with Crippen LogP contribution >= 0.6 is 0 Å². The van der Waals surface area contributed by atoms with E-state index in [2.05, 4.69) is 12.2 Å². The molecule has 1 amide bonds. The van der Waals surface area contributed by atoms with Gasteiger partial charge in [0.25, 0.3) is 5.91 Å². The number of rotatable bonds is 8. The monoisotopic (exact) mass is 407 g/mol. The van der Waals surface area contributed by atoms with Gasteiger partial charge in [0.2, 0.25) is 0 Å². The first kappa shape index (κ1) is 21.6. The van der Waals surface area contributed by atoms with Gasteiger partial charge >= 0.3 is 5.97 Å². The second-order valence-electron chi connectivity index (χ2n) is 7.59. The molecule has 0 aliphatic heterocycles. The number of methoxy groups -OCH3 is 2. The predicted molar refractivity (Wildman–Crippen MR) is 117 cm³/mol. The van der Waals surface area contributed by atoms with Gasteiger partial charge in [0, 0.05) is 11.6 Å². The maximum absolute atomic E-state index is 12.6. The highest BCUT2D eigenvalue weighted by molar-refractivity contribution is 5.94. The molecule has 5 heteroatoms. The van der Waals surface area contributed by atoms with Crippen LogP contribution in [0.15, 0.2) is 60.7 Å². The zero-order chi connectivity index (χ0) is 21.5. The summed E-state index contributed by atoms with van der Waals surface area (Å²) >= 11 is 0. The van der Waals surface area contributed by atoms with Crippen molar-refractivity contribution in [2.24, 2.45) is 5.92 Å². The number of carbonyl (C=O) groups is 2.